The summed E-state index contributed by atoms with van der Waals surface area (Å²) in [5.41, 5.74) is 5.15. The number of ether oxygens (including phenoxy) is 1. The highest BCUT2D eigenvalue weighted by Crippen LogP contribution is 2.24. The molecule has 1 unspecified atom stereocenters. The Balaban J connectivity index is 2.12. The largest absolute Gasteiger partial charge is 0.444 e. The summed E-state index contributed by atoms with van der Waals surface area (Å²) in [5, 5.41) is 0. The number of hydrogen-bond acceptors (Lipinski definition) is 4. The maximum atomic E-state index is 14.0. The number of primary amides is 1. The van der Waals surface area contributed by atoms with E-state index in [2.05, 4.69) is 0 Å². The molecule has 1 atom stereocenters. The van der Waals surface area contributed by atoms with Crippen LogP contribution in [0.1, 0.15) is 44.5 Å². The number of halogens is 1. The monoisotopic (exact) mass is 351 g/mol. The van der Waals surface area contributed by atoms with Gasteiger partial charge >= 0.3 is 6.09 Å². The van der Waals surface area contributed by atoms with Crippen LogP contribution in [0.3, 0.4) is 0 Å². The third kappa shape index (κ3) is 4.61. The molecule has 2 rings (SSSR count). The van der Waals surface area contributed by atoms with Crippen molar-refractivity contribution in [2.24, 2.45) is 5.73 Å². The van der Waals surface area contributed by atoms with E-state index in [4.69, 9.17) is 10.5 Å². The van der Waals surface area contributed by atoms with Gasteiger partial charge in [0.25, 0.3) is 5.91 Å². The van der Waals surface area contributed by atoms with E-state index in [0.29, 0.717) is 25.3 Å². The number of hydrogen-bond donors (Lipinski definition) is 1. The molecule has 1 aromatic carbocycles. The standard InChI is InChI=1S/C18H26FN3O3/c1-5-12-11-21(8-9-22(12)17(24)25-18(2,3)4)13-6-7-14(16(20)23)15(19)10-13/h6-7,10,12H,5,8-9,11H2,1-4H3,(H2,20,23). The second-order valence-corrected chi connectivity index (χ2v) is 7.21. The summed E-state index contributed by atoms with van der Waals surface area (Å²) in [6, 6.07) is 4.37. The lowest BCUT2D eigenvalue weighted by Crippen LogP contribution is -2.56. The third-order valence-electron chi connectivity index (χ3n) is 4.17. The summed E-state index contributed by atoms with van der Waals surface area (Å²) in [4.78, 5) is 27.3. The average molecular weight is 351 g/mol. The highest BCUT2D eigenvalue weighted by Gasteiger charge is 2.32. The molecule has 0 aromatic heterocycles. The molecule has 1 fully saturated rings. The Kier molecular flexibility index (Phi) is 5.55. The van der Waals surface area contributed by atoms with Gasteiger partial charge in [-0.1, -0.05) is 6.92 Å². The third-order valence-corrected chi connectivity index (χ3v) is 4.17. The van der Waals surface area contributed by atoms with Crippen LogP contribution < -0.4 is 10.6 Å². The maximum Gasteiger partial charge on any atom is 0.410 e. The molecule has 1 saturated heterocycles. The van der Waals surface area contributed by atoms with Gasteiger partial charge in [-0.15, -0.1) is 0 Å². The fraction of sp³-hybridized carbons (Fsp3) is 0.556. The van der Waals surface area contributed by atoms with Crippen molar-refractivity contribution in [1.29, 1.82) is 0 Å². The van der Waals surface area contributed by atoms with Gasteiger partial charge in [0.2, 0.25) is 0 Å². The number of anilines is 1. The number of nitrogens with zero attached hydrogens (tertiary/aromatic N) is 2. The summed E-state index contributed by atoms with van der Waals surface area (Å²) in [6.45, 7) is 9.15. The van der Waals surface area contributed by atoms with E-state index in [9.17, 15) is 14.0 Å². The van der Waals surface area contributed by atoms with Crippen molar-refractivity contribution in [3.05, 3.63) is 29.6 Å². The molecule has 1 aliphatic rings. The van der Waals surface area contributed by atoms with Crippen LogP contribution in [-0.4, -0.2) is 48.2 Å². The number of amides is 2. The van der Waals surface area contributed by atoms with Crippen molar-refractivity contribution in [2.45, 2.75) is 45.8 Å². The number of carbonyl (C=O) groups excluding carboxylic acids is 2. The highest BCUT2D eigenvalue weighted by atomic mass is 19.1. The highest BCUT2D eigenvalue weighted by molar-refractivity contribution is 5.93. The fourth-order valence-electron chi connectivity index (χ4n) is 2.90. The van der Waals surface area contributed by atoms with Gasteiger partial charge in [0.05, 0.1) is 11.6 Å². The summed E-state index contributed by atoms with van der Waals surface area (Å²) < 4.78 is 19.5. The second kappa shape index (κ2) is 7.29. The van der Waals surface area contributed by atoms with Crippen LogP contribution in [-0.2, 0) is 4.74 Å². The van der Waals surface area contributed by atoms with Gasteiger partial charge in [-0.25, -0.2) is 9.18 Å². The summed E-state index contributed by atoms with van der Waals surface area (Å²) in [7, 11) is 0. The van der Waals surface area contributed by atoms with Crippen molar-refractivity contribution in [2.75, 3.05) is 24.5 Å². The molecule has 2 N–H and O–H groups in total. The number of nitrogens with two attached hydrogens (primary N) is 1. The van der Waals surface area contributed by atoms with E-state index in [1.807, 2.05) is 32.6 Å². The molecule has 0 spiro atoms. The van der Waals surface area contributed by atoms with Crippen LogP contribution in [0.5, 0.6) is 0 Å². The Morgan fingerprint density at radius 3 is 2.52 bits per heavy atom. The van der Waals surface area contributed by atoms with E-state index in [-0.39, 0.29) is 17.7 Å². The van der Waals surface area contributed by atoms with Crippen LogP contribution >= 0.6 is 0 Å². The molecule has 1 aliphatic heterocycles. The van der Waals surface area contributed by atoms with Crippen molar-refractivity contribution in [3.63, 3.8) is 0 Å². The Morgan fingerprint density at radius 1 is 1.32 bits per heavy atom. The molecule has 0 bridgehead atoms. The normalized spacial score (nSPS) is 18.2. The first-order chi connectivity index (χ1) is 11.6. The Morgan fingerprint density at radius 2 is 2.00 bits per heavy atom. The van der Waals surface area contributed by atoms with Gasteiger partial charge in [0.15, 0.2) is 0 Å². The van der Waals surface area contributed by atoms with Gasteiger partial charge in [-0.2, -0.15) is 0 Å². The van der Waals surface area contributed by atoms with Crippen molar-refractivity contribution < 1.29 is 18.7 Å². The van der Waals surface area contributed by atoms with Crippen molar-refractivity contribution in [1.82, 2.24) is 4.90 Å². The van der Waals surface area contributed by atoms with Gasteiger partial charge < -0.3 is 20.3 Å². The molecule has 7 heteroatoms. The minimum Gasteiger partial charge on any atom is -0.444 e. The Hall–Kier alpha value is -2.31. The first-order valence-electron chi connectivity index (χ1n) is 8.46. The van der Waals surface area contributed by atoms with Gasteiger partial charge in [-0.3, -0.25) is 4.79 Å². The van der Waals surface area contributed by atoms with Gasteiger partial charge in [-0.05, 0) is 45.4 Å². The fourth-order valence-corrected chi connectivity index (χ4v) is 2.90. The zero-order chi connectivity index (χ0) is 18.8. The lowest BCUT2D eigenvalue weighted by atomic mass is 10.1. The van der Waals surface area contributed by atoms with E-state index < -0.39 is 17.3 Å². The van der Waals surface area contributed by atoms with E-state index >= 15 is 0 Å². The summed E-state index contributed by atoms with van der Waals surface area (Å²) >= 11 is 0. The predicted molar refractivity (Wildman–Crippen MR) is 94.1 cm³/mol. The van der Waals surface area contributed by atoms with Gasteiger partial charge in [0, 0.05) is 25.3 Å². The first kappa shape index (κ1) is 19.0. The number of rotatable bonds is 3. The quantitative estimate of drug-likeness (QED) is 0.908. The van der Waals surface area contributed by atoms with Crippen LogP contribution in [0.15, 0.2) is 18.2 Å². The molecule has 25 heavy (non-hydrogen) atoms. The molecular weight excluding hydrogens is 325 g/mol. The zero-order valence-electron chi connectivity index (χ0n) is 15.2. The SMILES string of the molecule is CCC1CN(c2ccc(C(N)=O)c(F)c2)CCN1C(=O)OC(C)(C)C. The van der Waals surface area contributed by atoms with Crippen molar-refractivity contribution >= 4 is 17.7 Å². The summed E-state index contributed by atoms with van der Waals surface area (Å²) in [6.07, 6.45) is 0.437. The molecule has 0 aliphatic carbocycles. The first-order valence-corrected chi connectivity index (χ1v) is 8.46. The minimum atomic E-state index is -0.787. The molecule has 138 valence electrons. The molecular formula is C18H26FN3O3. The minimum absolute atomic E-state index is 0.0255. The Labute approximate surface area is 147 Å². The Bertz CT molecular complexity index is 657. The lowest BCUT2D eigenvalue weighted by molar-refractivity contribution is 0.0136. The van der Waals surface area contributed by atoms with E-state index in [0.717, 1.165) is 6.42 Å². The van der Waals surface area contributed by atoms with E-state index in [1.54, 1.807) is 11.0 Å². The van der Waals surface area contributed by atoms with E-state index in [1.165, 1.54) is 12.1 Å². The lowest BCUT2D eigenvalue weighted by Gasteiger charge is -2.42. The topological polar surface area (TPSA) is 75.9 Å². The molecule has 1 heterocycles. The average Bonchev–Trinajstić information content (AvgIpc) is 2.52. The van der Waals surface area contributed by atoms with Crippen molar-refractivity contribution in [3.8, 4) is 0 Å². The molecule has 0 radical (unpaired) electrons. The van der Waals surface area contributed by atoms with Crippen LogP contribution in [0, 0.1) is 5.82 Å². The predicted octanol–water partition coefficient (Wildman–Crippen LogP) is 2.76. The number of benzene rings is 1. The van der Waals surface area contributed by atoms with Crippen LogP contribution in [0.2, 0.25) is 0 Å². The number of piperazine rings is 1. The summed E-state index contributed by atoms with van der Waals surface area (Å²) in [5.74, 6) is -1.42. The maximum absolute atomic E-state index is 14.0. The molecule has 1 aromatic rings. The van der Waals surface area contributed by atoms with Gasteiger partial charge in [0.1, 0.15) is 11.4 Å². The number of carbonyl (C=O) groups is 2. The molecule has 6 nitrogen and oxygen atoms in total. The van der Waals surface area contributed by atoms with Crippen LogP contribution in [0.4, 0.5) is 14.9 Å². The zero-order valence-corrected chi connectivity index (χ0v) is 15.2. The molecule has 2 amide bonds. The molecule has 0 saturated carbocycles. The smallest absolute Gasteiger partial charge is 0.410 e. The van der Waals surface area contributed by atoms with Crippen LogP contribution in [0.25, 0.3) is 0 Å². The second-order valence-electron chi connectivity index (χ2n) is 7.21.